The number of hydrogen-bond donors (Lipinski definition) is 2. The van der Waals surface area contributed by atoms with E-state index in [0.717, 1.165) is 31.5 Å². The molecule has 2 aliphatic heterocycles. The SMILES string of the molecule is CCc1cc(Nc2ncc(Br)c(Nc3ccc4nccnc4c3N(C)S(C)(=O)=O)n2)c(OC)cc1N1CCC(N2CCCCC2)CC1. The monoisotopic (exact) mass is 723 g/mol. The van der Waals surface area contributed by atoms with Crippen LogP contribution in [0.5, 0.6) is 5.75 Å². The Morgan fingerprint density at radius 2 is 1.74 bits per heavy atom. The zero-order valence-electron chi connectivity index (χ0n) is 27.3. The van der Waals surface area contributed by atoms with Crippen LogP contribution in [0.4, 0.5) is 34.5 Å². The average Bonchev–Trinajstić information content (AvgIpc) is 3.09. The highest BCUT2D eigenvalue weighted by Crippen LogP contribution is 2.39. The molecule has 4 heterocycles. The zero-order chi connectivity index (χ0) is 33.1. The Bertz CT molecular complexity index is 1850. The predicted octanol–water partition coefficient (Wildman–Crippen LogP) is 6.09. The first-order chi connectivity index (χ1) is 22.7. The van der Waals surface area contributed by atoms with E-state index in [2.05, 4.69) is 70.4 Å². The van der Waals surface area contributed by atoms with Gasteiger partial charge in [0.05, 0.1) is 34.7 Å². The molecule has 2 N–H and O–H groups in total. The van der Waals surface area contributed by atoms with E-state index in [1.54, 1.807) is 31.6 Å². The number of rotatable bonds is 10. The molecule has 0 spiro atoms. The highest BCUT2D eigenvalue weighted by molar-refractivity contribution is 9.10. The number of aromatic nitrogens is 4. The third kappa shape index (κ3) is 7.24. The van der Waals surface area contributed by atoms with Crippen LogP contribution in [-0.2, 0) is 16.4 Å². The van der Waals surface area contributed by atoms with Gasteiger partial charge in [0.15, 0.2) is 0 Å². The van der Waals surface area contributed by atoms with Crippen molar-refractivity contribution in [3.63, 3.8) is 0 Å². The second-order valence-electron chi connectivity index (χ2n) is 12.1. The van der Waals surface area contributed by atoms with Crippen LogP contribution < -0.4 is 24.6 Å². The van der Waals surface area contributed by atoms with Gasteiger partial charge in [0.2, 0.25) is 16.0 Å². The molecule has 4 aromatic rings. The summed E-state index contributed by atoms with van der Waals surface area (Å²) in [5.41, 5.74) is 5.09. The van der Waals surface area contributed by atoms with E-state index < -0.39 is 10.0 Å². The molecule has 0 bridgehead atoms. The predicted molar refractivity (Wildman–Crippen MR) is 192 cm³/mol. The third-order valence-electron chi connectivity index (χ3n) is 9.16. The number of methoxy groups -OCH3 is 1. The molecule has 47 heavy (non-hydrogen) atoms. The van der Waals surface area contributed by atoms with Gasteiger partial charge in [-0.25, -0.2) is 13.4 Å². The van der Waals surface area contributed by atoms with Gasteiger partial charge in [-0.2, -0.15) is 4.98 Å². The van der Waals surface area contributed by atoms with Crippen LogP contribution in [0.1, 0.15) is 44.6 Å². The summed E-state index contributed by atoms with van der Waals surface area (Å²) in [4.78, 5) is 23.2. The molecule has 250 valence electrons. The molecule has 2 aromatic heterocycles. The summed E-state index contributed by atoms with van der Waals surface area (Å²) < 4.78 is 32.9. The van der Waals surface area contributed by atoms with Gasteiger partial charge in [-0.3, -0.25) is 14.3 Å². The van der Waals surface area contributed by atoms with Crippen LogP contribution in [0.3, 0.4) is 0 Å². The molecular weight excluding hydrogens is 682 g/mol. The number of nitrogens with one attached hydrogen (secondary N) is 2. The zero-order valence-corrected chi connectivity index (χ0v) is 29.7. The van der Waals surface area contributed by atoms with Crippen LogP contribution in [0, 0.1) is 0 Å². The molecule has 14 heteroatoms. The number of likely N-dealkylation sites (tertiary alicyclic amines) is 1. The van der Waals surface area contributed by atoms with Crippen molar-refractivity contribution in [1.29, 1.82) is 0 Å². The Labute approximate surface area is 285 Å². The van der Waals surface area contributed by atoms with Gasteiger partial charge in [0.25, 0.3) is 0 Å². The number of benzene rings is 2. The first-order valence-corrected chi connectivity index (χ1v) is 18.7. The molecule has 2 aliphatic rings. The van der Waals surface area contributed by atoms with Crippen LogP contribution in [0.15, 0.2) is 47.3 Å². The lowest BCUT2D eigenvalue weighted by Gasteiger charge is -2.41. The van der Waals surface area contributed by atoms with Crippen molar-refractivity contribution in [2.75, 3.05) is 66.4 Å². The van der Waals surface area contributed by atoms with Crippen molar-refractivity contribution in [1.82, 2.24) is 24.8 Å². The van der Waals surface area contributed by atoms with Gasteiger partial charge in [-0.15, -0.1) is 0 Å². The fraction of sp³-hybridized carbons (Fsp3) is 0.455. The van der Waals surface area contributed by atoms with Gasteiger partial charge in [0, 0.05) is 56.5 Å². The maximum atomic E-state index is 12.6. The van der Waals surface area contributed by atoms with Crippen LogP contribution in [0.2, 0.25) is 0 Å². The fourth-order valence-electron chi connectivity index (χ4n) is 6.58. The van der Waals surface area contributed by atoms with Gasteiger partial charge in [-0.05, 0) is 84.9 Å². The van der Waals surface area contributed by atoms with E-state index in [1.807, 2.05) is 0 Å². The highest BCUT2D eigenvalue weighted by atomic mass is 79.9. The lowest BCUT2D eigenvalue weighted by atomic mass is 9.98. The van der Waals surface area contributed by atoms with E-state index in [4.69, 9.17) is 9.72 Å². The van der Waals surface area contributed by atoms with Gasteiger partial charge in [-0.1, -0.05) is 13.3 Å². The first-order valence-electron chi connectivity index (χ1n) is 16.1. The van der Waals surface area contributed by atoms with E-state index in [-0.39, 0.29) is 0 Å². The van der Waals surface area contributed by atoms with Crippen molar-refractivity contribution in [2.45, 2.75) is 51.5 Å². The number of nitrogens with zero attached hydrogens (tertiary/aromatic N) is 7. The number of aryl methyl sites for hydroxylation is 1. The summed E-state index contributed by atoms with van der Waals surface area (Å²) in [5, 5.41) is 6.65. The molecule has 2 fully saturated rings. The van der Waals surface area contributed by atoms with Crippen LogP contribution in [-0.4, -0.2) is 85.9 Å². The second-order valence-corrected chi connectivity index (χ2v) is 15.0. The standard InChI is InChI=1S/C33H42BrN9O3S/c1-5-22-19-27(29(46-3)20-28(22)43-17-11-23(12-18-43)42-15-7-6-8-16-42)39-33-37-21-24(34)32(40-33)38-26-10-9-25-30(36-14-13-35-25)31(26)41(2)47(4,44)45/h9-10,13-14,19-21,23H,5-8,11-12,15-18H2,1-4H3,(H2,37,38,39,40). The molecule has 0 unspecified atom stereocenters. The summed E-state index contributed by atoms with van der Waals surface area (Å²) in [7, 11) is -0.439. The van der Waals surface area contributed by atoms with Gasteiger partial charge >= 0.3 is 0 Å². The second kappa shape index (κ2) is 14.2. The Hall–Kier alpha value is -3.75. The van der Waals surface area contributed by atoms with E-state index in [9.17, 15) is 8.42 Å². The highest BCUT2D eigenvalue weighted by Gasteiger charge is 2.27. The van der Waals surface area contributed by atoms with Gasteiger partial charge < -0.3 is 25.2 Å². The lowest BCUT2D eigenvalue weighted by molar-refractivity contribution is 0.141. The van der Waals surface area contributed by atoms with E-state index >= 15 is 0 Å². The molecule has 0 atom stereocenters. The number of hydrogen-bond acceptors (Lipinski definition) is 11. The largest absolute Gasteiger partial charge is 0.494 e. The minimum absolute atomic E-state index is 0.352. The van der Waals surface area contributed by atoms with E-state index in [1.165, 1.54) is 74.0 Å². The van der Waals surface area contributed by atoms with Crippen LogP contribution in [0.25, 0.3) is 11.0 Å². The third-order valence-corrected chi connectivity index (χ3v) is 10.9. The Morgan fingerprint density at radius 3 is 2.45 bits per heavy atom. The minimum atomic E-state index is -3.61. The molecular formula is C33H42BrN9O3S. The molecule has 0 radical (unpaired) electrons. The Balaban J connectivity index is 1.25. The van der Waals surface area contributed by atoms with Crippen molar-refractivity contribution in [3.8, 4) is 5.75 Å². The number of ether oxygens (including phenoxy) is 1. The smallest absolute Gasteiger partial charge is 0.232 e. The summed E-state index contributed by atoms with van der Waals surface area (Å²) in [6.07, 6.45) is 13.1. The quantitative estimate of drug-likeness (QED) is 0.197. The van der Waals surface area contributed by atoms with Crippen molar-refractivity contribution >= 4 is 71.5 Å². The van der Waals surface area contributed by atoms with E-state index in [0.29, 0.717) is 50.4 Å². The van der Waals surface area contributed by atoms with Crippen molar-refractivity contribution in [3.05, 3.63) is 52.9 Å². The molecule has 0 saturated carbocycles. The molecule has 12 nitrogen and oxygen atoms in total. The van der Waals surface area contributed by atoms with Crippen LogP contribution >= 0.6 is 15.9 Å². The molecule has 6 rings (SSSR count). The maximum absolute atomic E-state index is 12.6. The number of piperidine rings is 2. The number of fused-ring (bicyclic) bond motifs is 1. The molecule has 2 saturated heterocycles. The Morgan fingerprint density at radius 1 is 1.00 bits per heavy atom. The minimum Gasteiger partial charge on any atom is -0.494 e. The van der Waals surface area contributed by atoms with Crippen molar-refractivity contribution in [2.24, 2.45) is 0 Å². The normalized spacial score (nSPS) is 16.3. The van der Waals surface area contributed by atoms with Gasteiger partial charge in [0.1, 0.15) is 22.8 Å². The van der Waals surface area contributed by atoms with Crippen molar-refractivity contribution < 1.29 is 13.2 Å². The number of anilines is 6. The summed E-state index contributed by atoms with van der Waals surface area (Å²) in [6.45, 7) is 6.72. The summed E-state index contributed by atoms with van der Waals surface area (Å²) in [5.74, 6) is 1.50. The Kier molecular flexibility index (Phi) is 9.99. The summed E-state index contributed by atoms with van der Waals surface area (Å²) >= 11 is 3.55. The fourth-order valence-corrected chi connectivity index (χ4v) is 7.39. The maximum Gasteiger partial charge on any atom is 0.232 e. The summed E-state index contributed by atoms with van der Waals surface area (Å²) in [6, 6.07) is 8.49. The topological polar surface area (TPSA) is 129 Å². The molecule has 0 amide bonds. The molecule has 2 aromatic carbocycles. The first kappa shape index (κ1) is 33.2. The average molecular weight is 725 g/mol. The number of halogens is 1. The lowest BCUT2D eigenvalue weighted by Crippen LogP contribution is -2.46. The number of sulfonamides is 1. The molecule has 0 aliphatic carbocycles.